The normalized spacial score (nSPS) is 12.7. The fraction of sp³-hybridized carbons (Fsp3) is 0.702. The summed E-state index contributed by atoms with van der Waals surface area (Å²) in [5, 5.41) is 0. The number of hydrogen-bond donors (Lipinski definition) is 0. The minimum atomic E-state index is -0.795. The van der Waals surface area contributed by atoms with E-state index in [9.17, 15) is 14.4 Å². The Labute approximate surface area is 388 Å². The van der Waals surface area contributed by atoms with Crippen LogP contribution in [0.2, 0.25) is 0 Å². The van der Waals surface area contributed by atoms with Gasteiger partial charge in [-0.2, -0.15) is 0 Å². The lowest BCUT2D eigenvalue weighted by atomic mass is 10.0. The molecule has 0 bridgehead atoms. The third kappa shape index (κ3) is 49.5. The van der Waals surface area contributed by atoms with Crippen LogP contribution in [0.15, 0.2) is 85.1 Å². The molecule has 0 rings (SSSR count). The van der Waals surface area contributed by atoms with E-state index in [1.165, 1.54) is 83.5 Å². The van der Waals surface area contributed by atoms with Crippen molar-refractivity contribution in [2.24, 2.45) is 0 Å². The predicted molar refractivity (Wildman–Crippen MR) is 270 cm³/mol. The molecule has 63 heavy (non-hydrogen) atoms. The second-order valence-corrected chi connectivity index (χ2v) is 17.1. The standard InChI is InChI=1S/C57H96O6/c1-4-7-10-13-16-19-22-24-26-27-28-29-30-31-32-34-35-38-41-44-47-50-56(59)62-53-54(52-61-55(58)49-46-43-40-37-21-18-15-12-9-6-3)63-57(60)51-48-45-42-39-36-33-25-23-20-17-14-11-8-5-2/h7,10,12,15-16,19,24,26,28-29,31-32,35,38,54H,4-6,8-9,11,13-14,17-18,20-23,25,27,30,33-34,36-37,39-53H2,1-3H3/b10-7-,15-12-,19-16-,26-24-,29-28-,32-31-,38-35-. The molecule has 6 heteroatoms. The molecule has 6 nitrogen and oxygen atoms in total. The molecule has 1 atom stereocenters. The van der Waals surface area contributed by atoms with Gasteiger partial charge in [0, 0.05) is 19.3 Å². The highest BCUT2D eigenvalue weighted by Gasteiger charge is 2.19. The Morgan fingerprint density at radius 1 is 0.333 bits per heavy atom. The summed E-state index contributed by atoms with van der Waals surface area (Å²) in [6.07, 6.45) is 65.7. The molecule has 0 aliphatic heterocycles. The van der Waals surface area contributed by atoms with Crippen molar-refractivity contribution in [3.05, 3.63) is 85.1 Å². The quantitative estimate of drug-likeness (QED) is 0.0262. The Morgan fingerprint density at radius 3 is 1.08 bits per heavy atom. The van der Waals surface area contributed by atoms with Crippen molar-refractivity contribution in [3.63, 3.8) is 0 Å². The molecule has 0 fully saturated rings. The highest BCUT2D eigenvalue weighted by Crippen LogP contribution is 2.15. The number of hydrogen-bond acceptors (Lipinski definition) is 6. The molecule has 0 aliphatic carbocycles. The fourth-order valence-electron chi connectivity index (χ4n) is 6.98. The smallest absolute Gasteiger partial charge is 0.306 e. The zero-order chi connectivity index (χ0) is 45.8. The predicted octanol–water partition coefficient (Wildman–Crippen LogP) is 17.2. The Morgan fingerprint density at radius 2 is 0.651 bits per heavy atom. The number of allylic oxidation sites excluding steroid dienone is 14. The van der Waals surface area contributed by atoms with Crippen molar-refractivity contribution < 1.29 is 28.6 Å². The van der Waals surface area contributed by atoms with Crippen molar-refractivity contribution in [1.29, 1.82) is 0 Å². The van der Waals surface area contributed by atoms with E-state index in [1.807, 2.05) is 0 Å². The average molecular weight is 877 g/mol. The van der Waals surface area contributed by atoms with E-state index in [0.29, 0.717) is 19.3 Å². The molecule has 0 heterocycles. The molecule has 0 spiro atoms. The monoisotopic (exact) mass is 877 g/mol. The third-order valence-electron chi connectivity index (χ3n) is 10.9. The van der Waals surface area contributed by atoms with E-state index >= 15 is 0 Å². The van der Waals surface area contributed by atoms with E-state index in [2.05, 4.69) is 106 Å². The lowest BCUT2D eigenvalue weighted by molar-refractivity contribution is -0.167. The fourth-order valence-corrected chi connectivity index (χ4v) is 6.98. The van der Waals surface area contributed by atoms with Crippen molar-refractivity contribution >= 4 is 17.9 Å². The maximum absolute atomic E-state index is 12.8. The van der Waals surface area contributed by atoms with Crippen LogP contribution in [-0.4, -0.2) is 37.2 Å². The number of rotatable bonds is 46. The van der Waals surface area contributed by atoms with Crippen LogP contribution in [0.1, 0.15) is 239 Å². The van der Waals surface area contributed by atoms with Crippen LogP contribution >= 0.6 is 0 Å². The maximum Gasteiger partial charge on any atom is 0.306 e. The highest BCUT2D eigenvalue weighted by molar-refractivity contribution is 5.71. The SMILES string of the molecule is CC/C=C\C/C=C\C/C=C\C/C=C\C/C=C\C/C=C\CCCCC(=O)OCC(COC(=O)CCCCCCC/C=C\CCC)OC(=O)CCCCCCCCCCCCCCCC. The van der Waals surface area contributed by atoms with E-state index in [-0.39, 0.29) is 31.1 Å². The van der Waals surface area contributed by atoms with Crippen LogP contribution in [0, 0.1) is 0 Å². The second kappa shape index (κ2) is 51.2. The molecule has 0 aromatic rings. The largest absolute Gasteiger partial charge is 0.462 e. The van der Waals surface area contributed by atoms with Gasteiger partial charge in [0.25, 0.3) is 0 Å². The van der Waals surface area contributed by atoms with Crippen molar-refractivity contribution in [2.75, 3.05) is 13.2 Å². The molecule has 0 saturated carbocycles. The van der Waals surface area contributed by atoms with Gasteiger partial charge in [-0.15, -0.1) is 0 Å². The number of ether oxygens (including phenoxy) is 3. The Kier molecular flexibility index (Phi) is 48.5. The van der Waals surface area contributed by atoms with Gasteiger partial charge in [0.1, 0.15) is 13.2 Å². The van der Waals surface area contributed by atoms with Gasteiger partial charge in [0.2, 0.25) is 0 Å². The summed E-state index contributed by atoms with van der Waals surface area (Å²) in [4.78, 5) is 37.9. The summed E-state index contributed by atoms with van der Waals surface area (Å²) in [6, 6.07) is 0. The summed E-state index contributed by atoms with van der Waals surface area (Å²) >= 11 is 0. The van der Waals surface area contributed by atoms with E-state index in [0.717, 1.165) is 116 Å². The van der Waals surface area contributed by atoms with Crippen LogP contribution < -0.4 is 0 Å². The summed E-state index contributed by atoms with van der Waals surface area (Å²) in [7, 11) is 0. The number of unbranched alkanes of at least 4 members (excludes halogenated alkanes) is 21. The first-order chi connectivity index (χ1) is 31.0. The Hall–Kier alpha value is -3.41. The number of carbonyl (C=O) groups excluding carboxylic acids is 3. The van der Waals surface area contributed by atoms with Gasteiger partial charge in [-0.05, 0) is 89.9 Å². The van der Waals surface area contributed by atoms with Gasteiger partial charge in [0.05, 0.1) is 0 Å². The summed E-state index contributed by atoms with van der Waals surface area (Å²) in [6.45, 7) is 6.42. The van der Waals surface area contributed by atoms with Gasteiger partial charge in [-0.25, -0.2) is 0 Å². The van der Waals surface area contributed by atoms with Crippen molar-refractivity contribution in [1.82, 2.24) is 0 Å². The second-order valence-electron chi connectivity index (χ2n) is 17.1. The summed E-state index contributed by atoms with van der Waals surface area (Å²) in [5.41, 5.74) is 0. The van der Waals surface area contributed by atoms with Gasteiger partial charge >= 0.3 is 17.9 Å². The molecule has 0 aromatic heterocycles. The first-order valence-electron chi connectivity index (χ1n) is 26.1. The third-order valence-corrected chi connectivity index (χ3v) is 10.9. The molecular formula is C57H96O6. The zero-order valence-corrected chi connectivity index (χ0v) is 41.1. The van der Waals surface area contributed by atoms with Gasteiger partial charge < -0.3 is 14.2 Å². The molecule has 0 saturated heterocycles. The van der Waals surface area contributed by atoms with Crippen LogP contribution in [0.3, 0.4) is 0 Å². The Bertz CT molecular complexity index is 1240. The van der Waals surface area contributed by atoms with Crippen LogP contribution in [0.4, 0.5) is 0 Å². The minimum Gasteiger partial charge on any atom is -0.462 e. The van der Waals surface area contributed by atoms with Gasteiger partial charge in [0.15, 0.2) is 6.10 Å². The number of esters is 3. The van der Waals surface area contributed by atoms with E-state index in [1.54, 1.807) is 0 Å². The lowest BCUT2D eigenvalue weighted by Crippen LogP contribution is -2.30. The number of carbonyl (C=O) groups is 3. The van der Waals surface area contributed by atoms with Gasteiger partial charge in [-0.3, -0.25) is 14.4 Å². The minimum absolute atomic E-state index is 0.0939. The van der Waals surface area contributed by atoms with Crippen LogP contribution in [-0.2, 0) is 28.6 Å². The molecule has 1 unspecified atom stereocenters. The zero-order valence-electron chi connectivity index (χ0n) is 41.1. The summed E-state index contributed by atoms with van der Waals surface area (Å²) < 4.78 is 16.7. The maximum atomic E-state index is 12.8. The molecule has 0 radical (unpaired) electrons. The summed E-state index contributed by atoms with van der Waals surface area (Å²) in [5.74, 6) is -0.948. The molecular weight excluding hydrogens is 781 g/mol. The lowest BCUT2D eigenvalue weighted by Gasteiger charge is -2.18. The molecule has 0 aromatic carbocycles. The first kappa shape index (κ1) is 59.6. The van der Waals surface area contributed by atoms with E-state index < -0.39 is 6.10 Å². The molecule has 0 aliphatic rings. The molecule has 360 valence electrons. The van der Waals surface area contributed by atoms with Crippen molar-refractivity contribution in [2.45, 2.75) is 245 Å². The first-order valence-corrected chi connectivity index (χ1v) is 26.1. The highest BCUT2D eigenvalue weighted by atomic mass is 16.6. The molecule has 0 amide bonds. The van der Waals surface area contributed by atoms with Gasteiger partial charge in [-0.1, -0.05) is 215 Å². The Balaban J connectivity index is 4.41. The topological polar surface area (TPSA) is 78.9 Å². The van der Waals surface area contributed by atoms with Crippen molar-refractivity contribution in [3.8, 4) is 0 Å². The van der Waals surface area contributed by atoms with E-state index in [4.69, 9.17) is 14.2 Å². The average Bonchev–Trinajstić information content (AvgIpc) is 3.28. The van der Waals surface area contributed by atoms with Crippen LogP contribution in [0.5, 0.6) is 0 Å². The van der Waals surface area contributed by atoms with Crippen LogP contribution in [0.25, 0.3) is 0 Å². The molecule has 0 N–H and O–H groups in total.